The summed E-state index contributed by atoms with van der Waals surface area (Å²) in [6.07, 6.45) is 2.74. The zero-order valence-electron chi connectivity index (χ0n) is 10.6. The first-order chi connectivity index (χ1) is 9.11. The molecule has 0 spiro atoms. The maximum absolute atomic E-state index is 11.4. The summed E-state index contributed by atoms with van der Waals surface area (Å²) in [7, 11) is 0. The standard InChI is InChI=1S/C11H17N3O4S/c1-2-8-5-13-9(19-8)6-14-11(17)12-3-4-18-7-10(15)16/h5H,2-4,6-7H2,1H3,(H,15,16)(H2,12,14,17). The summed E-state index contributed by atoms with van der Waals surface area (Å²) in [6, 6.07) is -0.327. The summed E-state index contributed by atoms with van der Waals surface area (Å²) in [4.78, 5) is 26.9. The Kier molecular flexibility index (Phi) is 6.83. The lowest BCUT2D eigenvalue weighted by molar-refractivity contribution is -0.142. The van der Waals surface area contributed by atoms with Crippen molar-refractivity contribution in [2.24, 2.45) is 0 Å². The zero-order valence-corrected chi connectivity index (χ0v) is 11.5. The molecule has 0 unspecified atom stereocenters. The van der Waals surface area contributed by atoms with Crippen molar-refractivity contribution in [3.05, 3.63) is 16.1 Å². The third-order valence-corrected chi connectivity index (χ3v) is 3.25. The molecule has 106 valence electrons. The Morgan fingerprint density at radius 2 is 2.26 bits per heavy atom. The molecule has 0 saturated carbocycles. The molecule has 0 aromatic carbocycles. The van der Waals surface area contributed by atoms with E-state index in [1.165, 1.54) is 4.88 Å². The van der Waals surface area contributed by atoms with Crippen LogP contribution < -0.4 is 10.6 Å². The molecule has 0 bridgehead atoms. The largest absolute Gasteiger partial charge is 0.480 e. The van der Waals surface area contributed by atoms with Gasteiger partial charge in [0, 0.05) is 17.6 Å². The van der Waals surface area contributed by atoms with Gasteiger partial charge in [-0.1, -0.05) is 6.92 Å². The van der Waals surface area contributed by atoms with Crippen molar-refractivity contribution in [3.8, 4) is 0 Å². The fraction of sp³-hybridized carbons (Fsp3) is 0.545. The van der Waals surface area contributed by atoms with Gasteiger partial charge in [0.25, 0.3) is 0 Å². The van der Waals surface area contributed by atoms with Crippen molar-refractivity contribution in [1.29, 1.82) is 0 Å². The van der Waals surface area contributed by atoms with Crippen molar-refractivity contribution < 1.29 is 19.4 Å². The highest BCUT2D eigenvalue weighted by atomic mass is 32.1. The second-order valence-electron chi connectivity index (χ2n) is 3.63. The number of nitrogens with one attached hydrogen (secondary N) is 2. The molecule has 1 aromatic heterocycles. The van der Waals surface area contributed by atoms with E-state index in [4.69, 9.17) is 9.84 Å². The van der Waals surface area contributed by atoms with Gasteiger partial charge in [-0.3, -0.25) is 0 Å². The van der Waals surface area contributed by atoms with Crippen LogP contribution in [0.15, 0.2) is 6.20 Å². The number of carbonyl (C=O) groups excluding carboxylic acids is 1. The normalized spacial score (nSPS) is 10.2. The number of aliphatic carboxylic acids is 1. The van der Waals surface area contributed by atoms with Crippen LogP contribution in [0.1, 0.15) is 16.8 Å². The highest BCUT2D eigenvalue weighted by Gasteiger charge is 2.03. The summed E-state index contributed by atoms with van der Waals surface area (Å²) < 4.78 is 4.77. The van der Waals surface area contributed by atoms with Crippen molar-refractivity contribution in [2.75, 3.05) is 19.8 Å². The summed E-state index contributed by atoms with van der Waals surface area (Å²) in [5, 5.41) is 14.4. The first kappa shape index (κ1) is 15.4. The Morgan fingerprint density at radius 3 is 2.89 bits per heavy atom. The number of thiazole rings is 1. The van der Waals surface area contributed by atoms with Gasteiger partial charge in [0.05, 0.1) is 13.2 Å². The Hall–Kier alpha value is -1.67. The average Bonchev–Trinajstić information content (AvgIpc) is 2.83. The van der Waals surface area contributed by atoms with Gasteiger partial charge in [-0.05, 0) is 6.42 Å². The van der Waals surface area contributed by atoms with E-state index in [2.05, 4.69) is 22.5 Å². The number of ether oxygens (including phenoxy) is 1. The lowest BCUT2D eigenvalue weighted by Gasteiger charge is -2.06. The number of aromatic nitrogens is 1. The van der Waals surface area contributed by atoms with E-state index in [1.807, 2.05) is 0 Å². The van der Waals surface area contributed by atoms with Gasteiger partial charge >= 0.3 is 12.0 Å². The molecular weight excluding hydrogens is 270 g/mol. The third kappa shape index (κ3) is 6.73. The summed E-state index contributed by atoms with van der Waals surface area (Å²) in [5.74, 6) is -1.03. The molecule has 0 saturated heterocycles. The first-order valence-electron chi connectivity index (χ1n) is 5.86. The van der Waals surface area contributed by atoms with Crippen molar-refractivity contribution in [1.82, 2.24) is 15.6 Å². The predicted octanol–water partition coefficient (Wildman–Crippen LogP) is 0.606. The topological polar surface area (TPSA) is 101 Å². The van der Waals surface area contributed by atoms with Crippen LogP contribution in [-0.4, -0.2) is 41.8 Å². The van der Waals surface area contributed by atoms with Crippen LogP contribution in [0.2, 0.25) is 0 Å². The summed E-state index contributed by atoms with van der Waals surface area (Å²) in [5.41, 5.74) is 0. The third-order valence-electron chi connectivity index (χ3n) is 2.11. The minimum atomic E-state index is -1.03. The maximum Gasteiger partial charge on any atom is 0.329 e. The molecule has 0 radical (unpaired) electrons. The Balaban J connectivity index is 2.09. The van der Waals surface area contributed by atoms with Gasteiger partial charge in [-0.15, -0.1) is 11.3 Å². The van der Waals surface area contributed by atoms with E-state index in [0.717, 1.165) is 11.4 Å². The highest BCUT2D eigenvalue weighted by Crippen LogP contribution is 2.12. The minimum Gasteiger partial charge on any atom is -0.480 e. The molecule has 1 rings (SSSR count). The average molecular weight is 287 g/mol. The minimum absolute atomic E-state index is 0.164. The Labute approximate surface area is 115 Å². The quantitative estimate of drug-likeness (QED) is 0.608. The molecule has 0 atom stereocenters. The number of carboxylic acid groups (broad SMARTS) is 1. The molecule has 19 heavy (non-hydrogen) atoms. The van der Waals surface area contributed by atoms with Gasteiger partial charge in [-0.2, -0.15) is 0 Å². The van der Waals surface area contributed by atoms with E-state index in [0.29, 0.717) is 6.54 Å². The van der Waals surface area contributed by atoms with Crippen molar-refractivity contribution >= 4 is 23.3 Å². The van der Waals surface area contributed by atoms with Gasteiger partial charge < -0.3 is 20.5 Å². The maximum atomic E-state index is 11.4. The van der Waals surface area contributed by atoms with E-state index in [1.54, 1.807) is 17.5 Å². The first-order valence-corrected chi connectivity index (χ1v) is 6.68. The fourth-order valence-corrected chi connectivity index (χ4v) is 2.01. The lowest BCUT2D eigenvalue weighted by atomic mass is 10.4. The molecule has 0 aliphatic carbocycles. The second-order valence-corrected chi connectivity index (χ2v) is 4.83. The molecule has 0 aliphatic rings. The zero-order chi connectivity index (χ0) is 14.1. The van der Waals surface area contributed by atoms with Gasteiger partial charge in [0.2, 0.25) is 0 Å². The number of amides is 2. The van der Waals surface area contributed by atoms with E-state index < -0.39 is 5.97 Å². The summed E-state index contributed by atoms with van der Waals surface area (Å²) >= 11 is 1.57. The van der Waals surface area contributed by atoms with Crippen molar-refractivity contribution in [2.45, 2.75) is 19.9 Å². The number of rotatable bonds is 8. The highest BCUT2D eigenvalue weighted by molar-refractivity contribution is 7.11. The van der Waals surface area contributed by atoms with Crippen LogP contribution in [0, 0.1) is 0 Å². The number of nitrogens with zero attached hydrogens (tertiary/aromatic N) is 1. The van der Waals surface area contributed by atoms with Crippen LogP contribution in [0.3, 0.4) is 0 Å². The number of carbonyl (C=O) groups is 2. The van der Waals surface area contributed by atoms with Crippen LogP contribution in [0.5, 0.6) is 0 Å². The monoisotopic (exact) mass is 287 g/mol. The predicted molar refractivity (Wildman–Crippen MR) is 70.2 cm³/mol. The second kappa shape index (κ2) is 8.44. The molecule has 0 fully saturated rings. The summed E-state index contributed by atoms with van der Waals surface area (Å²) in [6.45, 7) is 2.50. The van der Waals surface area contributed by atoms with E-state index in [-0.39, 0.29) is 25.8 Å². The lowest BCUT2D eigenvalue weighted by Crippen LogP contribution is -2.37. The molecule has 7 nitrogen and oxygen atoms in total. The molecular formula is C11H17N3O4S. The molecule has 0 aliphatic heterocycles. The SMILES string of the molecule is CCc1cnc(CNC(=O)NCCOCC(=O)O)s1. The fourth-order valence-electron chi connectivity index (χ4n) is 1.21. The van der Waals surface area contributed by atoms with Gasteiger partial charge in [0.15, 0.2) is 0 Å². The van der Waals surface area contributed by atoms with E-state index in [9.17, 15) is 9.59 Å². The molecule has 1 heterocycles. The smallest absolute Gasteiger partial charge is 0.329 e. The van der Waals surface area contributed by atoms with Crippen LogP contribution >= 0.6 is 11.3 Å². The molecule has 1 aromatic rings. The van der Waals surface area contributed by atoms with Crippen LogP contribution in [0.4, 0.5) is 4.79 Å². The van der Waals surface area contributed by atoms with Crippen LogP contribution in [0.25, 0.3) is 0 Å². The molecule has 3 N–H and O–H groups in total. The van der Waals surface area contributed by atoms with Gasteiger partial charge in [-0.25, -0.2) is 14.6 Å². The van der Waals surface area contributed by atoms with Crippen LogP contribution in [-0.2, 0) is 22.5 Å². The molecule has 8 heteroatoms. The van der Waals surface area contributed by atoms with Crippen molar-refractivity contribution in [3.63, 3.8) is 0 Å². The van der Waals surface area contributed by atoms with E-state index >= 15 is 0 Å². The number of aryl methyl sites for hydroxylation is 1. The Morgan fingerprint density at radius 1 is 1.47 bits per heavy atom. The molecule has 2 amide bonds. The van der Waals surface area contributed by atoms with Gasteiger partial charge in [0.1, 0.15) is 11.6 Å². The number of hydrogen-bond acceptors (Lipinski definition) is 5. The Bertz CT molecular complexity index is 422. The number of urea groups is 1. The number of hydrogen-bond donors (Lipinski definition) is 3. The number of carboxylic acids is 1.